The summed E-state index contributed by atoms with van der Waals surface area (Å²) in [7, 11) is 0. The first-order valence-electron chi connectivity index (χ1n) is 5.20. The van der Waals surface area contributed by atoms with Crippen LogP contribution in [0, 0.1) is 0 Å². The zero-order valence-electron chi connectivity index (χ0n) is 9.35. The number of hydrogen-bond acceptors (Lipinski definition) is 2. The molecule has 2 nitrogen and oxygen atoms in total. The summed E-state index contributed by atoms with van der Waals surface area (Å²) in [4.78, 5) is 8.73. The van der Waals surface area contributed by atoms with E-state index in [1.54, 1.807) is 0 Å². The van der Waals surface area contributed by atoms with E-state index in [1.807, 2.05) is 25.1 Å². The number of benzene rings is 1. The Balaban J connectivity index is 2.57. The third kappa shape index (κ3) is 2.87. The number of halogens is 4. The van der Waals surface area contributed by atoms with Gasteiger partial charge in [-0.2, -0.15) is 0 Å². The molecule has 0 N–H and O–H groups in total. The summed E-state index contributed by atoms with van der Waals surface area (Å²) in [6, 6.07) is 5.57. The molecule has 0 atom stereocenters. The number of aromatic nitrogens is 2. The molecule has 0 spiro atoms. The molecule has 1 aromatic carbocycles. The molecule has 0 bridgehead atoms. The zero-order chi connectivity index (χ0) is 13.3. The fourth-order valence-electron chi connectivity index (χ4n) is 1.46. The van der Waals surface area contributed by atoms with Gasteiger partial charge in [-0.3, -0.25) is 0 Å². The Morgan fingerprint density at radius 3 is 2.50 bits per heavy atom. The summed E-state index contributed by atoms with van der Waals surface area (Å²) in [6.07, 6.45) is 0.778. The van der Waals surface area contributed by atoms with Crippen LogP contribution < -0.4 is 0 Å². The maximum absolute atomic E-state index is 6.08. The van der Waals surface area contributed by atoms with Crippen molar-refractivity contribution in [3.05, 3.63) is 43.0 Å². The van der Waals surface area contributed by atoms with E-state index in [-0.39, 0.29) is 0 Å². The maximum Gasteiger partial charge on any atom is 0.161 e. The fourth-order valence-corrected chi connectivity index (χ4v) is 2.54. The predicted molar refractivity (Wildman–Crippen MR) is 82.3 cm³/mol. The molecule has 0 aliphatic carbocycles. The molecule has 0 aliphatic rings. The number of nitrogens with zero attached hydrogens (tertiary/aromatic N) is 2. The molecule has 0 radical (unpaired) electrons. The third-order valence-corrected chi connectivity index (χ3v) is 4.96. The van der Waals surface area contributed by atoms with Gasteiger partial charge in [0.2, 0.25) is 0 Å². The molecule has 0 aliphatic heterocycles. The van der Waals surface area contributed by atoms with Gasteiger partial charge in [-0.1, -0.05) is 30.1 Å². The lowest BCUT2D eigenvalue weighted by Gasteiger charge is -2.07. The normalized spacial score (nSPS) is 10.7. The van der Waals surface area contributed by atoms with Crippen LogP contribution in [0.25, 0.3) is 11.4 Å². The van der Waals surface area contributed by atoms with Gasteiger partial charge in [-0.05, 0) is 56.5 Å². The summed E-state index contributed by atoms with van der Waals surface area (Å²) < 4.78 is 1.59. The Morgan fingerprint density at radius 1 is 1.17 bits per heavy atom. The van der Waals surface area contributed by atoms with Crippen molar-refractivity contribution in [2.24, 2.45) is 0 Å². The molecule has 1 heterocycles. The SMILES string of the molecule is CCc1nc(-c2ccc(Br)c(Cl)c2)nc(Cl)c1Br. The minimum Gasteiger partial charge on any atom is -0.232 e. The molecule has 18 heavy (non-hydrogen) atoms. The van der Waals surface area contributed by atoms with Gasteiger partial charge in [0.15, 0.2) is 5.82 Å². The quantitative estimate of drug-likeness (QED) is 0.607. The van der Waals surface area contributed by atoms with E-state index in [0.717, 1.165) is 26.6 Å². The van der Waals surface area contributed by atoms with Crippen LogP contribution in [-0.2, 0) is 6.42 Å². The number of rotatable bonds is 2. The van der Waals surface area contributed by atoms with Gasteiger partial charge < -0.3 is 0 Å². The summed E-state index contributed by atoms with van der Waals surface area (Å²) >= 11 is 18.9. The topological polar surface area (TPSA) is 25.8 Å². The van der Waals surface area contributed by atoms with Crippen molar-refractivity contribution < 1.29 is 0 Å². The van der Waals surface area contributed by atoms with Crippen LogP contribution in [0.1, 0.15) is 12.6 Å². The van der Waals surface area contributed by atoms with Crippen LogP contribution in [0.4, 0.5) is 0 Å². The first-order chi connectivity index (χ1) is 8.52. The molecule has 0 saturated carbocycles. The maximum atomic E-state index is 6.08. The predicted octanol–water partition coefficient (Wildman–Crippen LogP) is 5.54. The molecule has 6 heteroatoms. The van der Waals surface area contributed by atoms with Crippen LogP contribution in [0.3, 0.4) is 0 Å². The van der Waals surface area contributed by atoms with Crippen molar-refractivity contribution >= 4 is 55.1 Å². The van der Waals surface area contributed by atoms with E-state index in [4.69, 9.17) is 23.2 Å². The molecular formula is C12H8Br2Cl2N2. The largest absolute Gasteiger partial charge is 0.232 e. The Labute approximate surface area is 132 Å². The molecule has 2 rings (SSSR count). The van der Waals surface area contributed by atoms with Gasteiger partial charge in [-0.15, -0.1) is 0 Å². The molecule has 0 saturated heterocycles. The van der Waals surface area contributed by atoms with Gasteiger partial charge in [0, 0.05) is 10.0 Å². The first-order valence-corrected chi connectivity index (χ1v) is 7.54. The van der Waals surface area contributed by atoms with Crippen LogP contribution in [-0.4, -0.2) is 9.97 Å². The standard InChI is InChI=1S/C12H8Br2Cl2N2/c1-2-9-10(14)11(16)18-12(17-9)6-3-4-7(13)8(15)5-6/h3-5H,2H2,1H3. The average molecular weight is 411 g/mol. The highest BCUT2D eigenvalue weighted by atomic mass is 79.9. The molecule has 0 unspecified atom stereocenters. The van der Waals surface area contributed by atoms with Crippen molar-refractivity contribution in [1.29, 1.82) is 0 Å². The second-order valence-corrected chi connectivity index (χ2v) is 5.99. The van der Waals surface area contributed by atoms with Crippen molar-refractivity contribution in [2.45, 2.75) is 13.3 Å². The monoisotopic (exact) mass is 408 g/mol. The summed E-state index contributed by atoms with van der Waals surface area (Å²) in [5.41, 5.74) is 1.72. The van der Waals surface area contributed by atoms with Crippen molar-refractivity contribution in [3.63, 3.8) is 0 Å². The zero-order valence-corrected chi connectivity index (χ0v) is 14.0. The number of aryl methyl sites for hydroxylation is 1. The van der Waals surface area contributed by atoms with E-state index in [1.165, 1.54) is 0 Å². The second-order valence-electron chi connectivity index (χ2n) is 3.58. The lowest BCUT2D eigenvalue weighted by atomic mass is 10.2. The van der Waals surface area contributed by atoms with Gasteiger partial charge in [0.1, 0.15) is 5.15 Å². The Bertz CT molecular complexity index is 603. The lowest BCUT2D eigenvalue weighted by Crippen LogP contribution is -1.97. The Morgan fingerprint density at radius 2 is 1.89 bits per heavy atom. The average Bonchev–Trinajstić information content (AvgIpc) is 2.36. The lowest BCUT2D eigenvalue weighted by molar-refractivity contribution is 0.991. The minimum atomic E-state index is 0.413. The van der Waals surface area contributed by atoms with Crippen molar-refractivity contribution in [2.75, 3.05) is 0 Å². The van der Waals surface area contributed by atoms with E-state index in [2.05, 4.69) is 41.8 Å². The Kier molecular flexibility index (Phi) is 4.64. The highest BCUT2D eigenvalue weighted by Gasteiger charge is 2.11. The van der Waals surface area contributed by atoms with Gasteiger partial charge in [0.25, 0.3) is 0 Å². The molecule has 94 valence electrons. The Hall–Kier alpha value is -0.160. The summed E-state index contributed by atoms with van der Waals surface area (Å²) in [6.45, 7) is 2.02. The van der Waals surface area contributed by atoms with Crippen molar-refractivity contribution in [1.82, 2.24) is 9.97 Å². The van der Waals surface area contributed by atoms with E-state index < -0.39 is 0 Å². The second kappa shape index (κ2) is 5.87. The van der Waals surface area contributed by atoms with E-state index >= 15 is 0 Å². The molecule has 2 aromatic rings. The van der Waals surface area contributed by atoms with Gasteiger partial charge >= 0.3 is 0 Å². The van der Waals surface area contributed by atoms with E-state index in [9.17, 15) is 0 Å². The van der Waals surface area contributed by atoms with E-state index in [0.29, 0.717) is 16.0 Å². The fraction of sp³-hybridized carbons (Fsp3) is 0.167. The third-order valence-electron chi connectivity index (χ3n) is 2.39. The van der Waals surface area contributed by atoms with Crippen LogP contribution in [0.5, 0.6) is 0 Å². The summed E-state index contributed by atoms with van der Waals surface area (Å²) in [5, 5.41) is 1.03. The molecule has 0 fully saturated rings. The molecular weight excluding hydrogens is 403 g/mol. The first kappa shape index (κ1) is 14.3. The molecule has 0 amide bonds. The summed E-state index contributed by atoms with van der Waals surface area (Å²) in [5.74, 6) is 0.578. The van der Waals surface area contributed by atoms with Crippen LogP contribution >= 0.6 is 55.1 Å². The molecule has 1 aromatic heterocycles. The number of hydrogen-bond donors (Lipinski definition) is 0. The van der Waals surface area contributed by atoms with Gasteiger partial charge in [-0.25, -0.2) is 9.97 Å². The van der Waals surface area contributed by atoms with Gasteiger partial charge in [0.05, 0.1) is 15.2 Å². The minimum absolute atomic E-state index is 0.413. The smallest absolute Gasteiger partial charge is 0.161 e. The highest BCUT2D eigenvalue weighted by molar-refractivity contribution is 9.11. The van der Waals surface area contributed by atoms with Crippen LogP contribution in [0.2, 0.25) is 10.2 Å². The van der Waals surface area contributed by atoms with Crippen molar-refractivity contribution in [3.8, 4) is 11.4 Å². The highest BCUT2D eigenvalue weighted by Crippen LogP contribution is 2.30. The van der Waals surface area contributed by atoms with Crippen LogP contribution in [0.15, 0.2) is 27.1 Å².